The average Bonchev–Trinajstić information content (AvgIpc) is 3.42. The Hall–Kier alpha value is -2.74. The van der Waals surface area contributed by atoms with Crippen LogP contribution < -0.4 is 9.47 Å². The van der Waals surface area contributed by atoms with E-state index in [2.05, 4.69) is 18.9 Å². The maximum absolute atomic E-state index is 12.6. The van der Waals surface area contributed by atoms with Crippen LogP contribution in [0.5, 0.6) is 11.5 Å². The van der Waals surface area contributed by atoms with Gasteiger partial charge in [0.2, 0.25) is 0 Å². The summed E-state index contributed by atoms with van der Waals surface area (Å²) in [5, 5.41) is 13.3. The second-order valence-electron chi connectivity index (χ2n) is 8.64. The van der Waals surface area contributed by atoms with Gasteiger partial charge in [-0.15, -0.1) is 0 Å². The van der Waals surface area contributed by atoms with Crippen molar-refractivity contribution in [3.05, 3.63) is 41.2 Å². The molecule has 1 aliphatic carbocycles. The number of carboxylic acid groups (broad SMARTS) is 1. The van der Waals surface area contributed by atoms with Crippen LogP contribution in [0.1, 0.15) is 37.2 Å². The lowest BCUT2D eigenvalue weighted by Gasteiger charge is -2.21. The molecule has 31 heavy (non-hydrogen) atoms. The molecular weight excluding hydrogens is 422 g/mol. The summed E-state index contributed by atoms with van der Waals surface area (Å²) in [6.45, 7) is 5.96. The molecule has 2 fully saturated rings. The minimum absolute atomic E-state index is 0.0356. The zero-order valence-corrected chi connectivity index (χ0v) is 18.3. The maximum atomic E-state index is 12.6. The van der Waals surface area contributed by atoms with E-state index in [1.165, 1.54) is 12.3 Å². The number of hydrogen-bond acceptors (Lipinski definition) is 5. The van der Waals surface area contributed by atoms with E-state index in [9.17, 15) is 9.59 Å². The summed E-state index contributed by atoms with van der Waals surface area (Å²) in [6.07, 6.45) is 3.10. The van der Waals surface area contributed by atoms with Gasteiger partial charge in [-0.2, -0.15) is 9.78 Å². The van der Waals surface area contributed by atoms with Crippen molar-refractivity contribution in [2.75, 3.05) is 19.7 Å². The molecule has 2 aromatic rings. The third kappa shape index (κ3) is 4.63. The quantitative estimate of drug-likeness (QED) is 0.718. The number of amides is 1. The van der Waals surface area contributed by atoms with Gasteiger partial charge in [-0.05, 0) is 48.8 Å². The van der Waals surface area contributed by atoms with Crippen LogP contribution in [-0.4, -0.2) is 57.6 Å². The lowest BCUT2D eigenvalue weighted by molar-refractivity contribution is 0.0690. The van der Waals surface area contributed by atoms with Crippen molar-refractivity contribution in [2.24, 2.45) is 17.8 Å². The molecule has 1 aromatic carbocycles. The van der Waals surface area contributed by atoms with Gasteiger partial charge in [0.15, 0.2) is 5.69 Å². The lowest BCUT2D eigenvalue weighted by atomic mass is 10.0. The zero-order valence-electron chi connectivity index (χ0n) is 17.5. The number of rotatable bonds is 6. The monoisotopic (exact) mass is 447 g/mol. The van der Waals surface area contributed by atoms with Gasteiger partial charge in [-0.1, -0.05) is 31.5 Å². The Kier molecular flexibility index (Phi) is 6.09. The minimum atomic E-state index is -1.15. The molecule has 0 radical (unpaired) electrons. The zero-order chi connectivity index (χ0) is 22.1. The van der Waals surface area contributed by atoms with Crippen LogP contribution in [0.25, 0.3) is 0 Å². The van der Waals surface area contributed by atoms with Gasteiger partial charge in [0.25, 0.3) is 0 Å². The number of aromatic carboxylic acids is 1. The van der Waals surface area contributed by atoms with Crippen LogP contribution >= 0.6 is 11.6 Å². The van der Waals surface area contributed by atoms with E-state index >= 15 is 0 Å². The Balaban J connectivity index is 1.34. The highest BCUT2D eigenvalue weighted by Crippen LogP contribution is 2.42. The maximum Gasteiger partial charge on any atom is 0.356 e. The highest BCUT2D eigenvalue weighted by atomic mass is 35.5. The largest absolute Gasteiger partial charge is 0.492 e. The number of carbonyl (C=O) groups is 2. The number of carbonyl (C=O) groups excluding carboxylic acids is 1. The summed E-state index contributed by atoms with van der Waals surface area (Å²) >= 11 is 6.49. The predicted octanol–water partition coefficient (Wildman–Crippen LogP) is 4.03. The summed E-state index contributed by atoms with van der Waals surface area (Å²) < 4.78 is 13.1. The number of aromatic nitrogens is 2. The third-order valence-electron chi connectivity index (χ3n) is 5.78. The fraction of sp³-hybridized carbons (Fsp3) is 0.500. The number of hydrogen-bond donors (Lipinski definition) is 1. The van der Waals surface area contributed by atoms with E-state index in [-0.39, 0.29) is 17.8 Å². The molecule has 1 aromatic heterocycles. The average molecular weight is 448 g/mol. The molecule has 1 amide bonds. The van der Waals surface area contributed by atoms with Gasteiger partial charge >= 0.3 is 12.0 Å². The van der Waals surface area contributed by atoms with Crippen molar-refractivity contribution < 1.29 is 24.2 Å². The molecule has 1 aliphatic heterocycles. The van der Waals surface area contributed by atoms with Gasteiger partial charge in [0.1, 0.15) is 16.5 Å². The summed E-state index contributed by atoms with van der Waals surface area (Å²) in [5.74, 6) is 1.17. The summed E-state index contributed by atoms with van der Waals surface area (Å²) in [5.41, 5.74) is -0.141. The molecule has 1 saturated carbocycles. The first-order valence-electron chi connectivity index (χ1n) is 10.5. The van der Waals surface area contributed by atoms with E-state index in [1.54, 1.807) is 4.90 Å². The SMILES string of the molecule is CC(C)COc1cccc(OC2CC3CN(C(=O)n4ccc(C(=O)O)n4)CC3C2)c1Cl. The van der Waals surface area contributed by atoms with Gasteiger partial charge in [0.05, 0.1) is 12.7 Å². The van der Waals surface area contributed by atoms with E-state index < -0.39 is 5.97 Å². The molecule has 8 nitrogen and oxygen atoms in total. The molecule has 2 aliphatic rings. The number of carboxylic acids is 1. The smallest absolute Gasteiger partial charge is 0.356 e. The first-order chi connectivity index (χ1) is 14.8. The van der Waals surface area contributed by atoms with E-state index in [4.69, 9.17) is 26.2 Å². The van der Waals surface area contributed by atoms with Gasteiger partial charge < -0.3 is 19.5 Å². The molecule has 0 spiro atoms. The van der Waals surface area contributed by atoms with Crippen molar-refractivity contribution in [1.29, 1.82) is 0 Å². The summed E-state index contributed by atoms with van der Waals surface area (Å²) in [4.78, 5) is 25.4. The van der Waals surface area contributed by atoms with Crippen LogP contribution in [0.15, 0.2) is 30.5 Å². The first-order valence-corrected chi connectivity index (χ1v) is 10.9. The van der Waals surface area contributed by atoms with Gasteiger partial charge in [-0.25, -0.2) is 9.59 Å². The number of likely N-dealkylation sites (tertiary alicyclic amines) is 1. The summed E-state index contributed by atoms with van der Waals surface area (Å²) in [6, 6.07) is 6.60. The van der Waals surface area contributed by atoms with E-state index in [1.807, 2.05) is 18.2 Å². The number of fused-ring (bicyclic) bond motifs is 1. The lowest BCUT2D eigenvalue weighted by Crippen LogP contribution is -2.34. The van der Waals surface area contributed by atoms with Crippen LogP contribution in [0.3, 0.4) is 0 Å². The number of ether oxygens (including phenoxy) is 2. The standard InChI is InChI=1S/C22H26ClN3O5/c1-13(2)12-30-18-4-3-5-19(20(18)23)31-16-8-14-10-25(11-15(14)9-16)22(29)26-7-6-17(24-26)21(27)28/h3-7,13-16H,8-12H2,1-2H3,(H,27,28). The Bertz CT molecular complexity index is 962. The van der Waals surface area contributed by atoms with Crippen LogP contribution in [0.4, 0.5) is 4.79 Å². The molecule has 166 valence electrons. The normalized spacial score (nSPS) is 22.6. The third-order valence-corrected chi connectivity index (χ3v) is 6.15. The first kappa shape index (κ1) is 21.5. The molecule has 4 rings (SSSR count). The van der Waals surface area contributed by atoms with Crippen molar-refractivity contribution >= 4 is 23.6 Å². The van der Waals surface area contributed by atoms with E-state index in [0.717, 1.165) is 17.5 Å². The van der Waals surface area contributed by atoms with Gasteiger partial charge in [-0.3, -0.25) is 0 Å². The molecule has 2 heterocycles. The molecule has 2 atom stereocenters. The Labute approximate surface area is 185 Å². The highest BCUT2D eigenvalue weighted by Gasteiger charge is 2.44. The van der Waals surface area contributed by atoms with Crippen LogP contribution in [0.2, 0.25) is 5.02 Å². The minimum Gasteiger partial charge on any atom is -0.492 e. The number of nitrogens with zero attached hydrogens (tertiary/aromatic N) is 3. The fourth-order valence-electron chi connectivity index (χ4n) is 4.32. The van der Waals surface area contributed by atoms with Crippen molar-refractivity contribution in [3.63, 3.8) is 0 Å². The number of benzene rings is 1. The highest BCUT2D eigenvalue weighted by molar-refractivity contribution is 6.33. The Morgan fingerprint density at radius 3 is 2.48 bits per heavy atom. The molecule has 2 unspecified atom stereocenters. The van der Waals surface area contributed by atoms with Crippen molar-refractivity contribution in [1.82, 2.24) is 14.7 Å². The van der Waals surface area contributed by atoms with Gasteiger partial charge in [0, 0.05) is 19.3 Å². The Morgan fingerprint density at radius 2 is 1.87 bits per heavy atom. The molecular formula is C22H26ClN3O5. The Morgan fingerprint density at radius 1 is 1.19 bits per heavy atom. The number of halogens is 1. The summed E-state index contributed by atoms with van der Waals surface area (Å²) in [7, 11) is 0. The fourth-order valence-corrected chi connectivity index (χ4v) is 4.54. The van der Waals surface area contributed by atoms with Crippen LogP contribution in [-0.2, 0) is 0 Å². The van der Waals surface area contributed by atoms with Crippen molar-refractivity contribution in [3.8, 4) is 11.5 Å². The molecule has 1 saturated heterocycles. The second-order valence-corrected chi connectivity index (χ2v) is 9.02. The topological polar surface area (TPSA) is 93.9 Å². The second kappa shape index (κ2) is 8.78. The molecule has 9 heteroatoms. The van der Waals surface area contributed by atoms with E-state index in [0.29, 0.717) is 54.0 Å². The van der Waals surface area contributed by atoms with Crippen molar-refractivity contribution in [2.45, 2.75) is 32.8 Å². The van der Waals surface area contributed by atoms with Crippen LogP contribution in [0, 0.1) is 17.8 Å². The predicted molar refractivity (Wildman–Crippen MR) is 114 cm³/mol. The molecule has 1 N–H and O–H groups in total. The molecule has 0 bridgehead atoms.